The van der Waals surface area contributed by atoms with Crippen molar-refractivity contribution in [1.29, 1.82) is 0 Å². The van der Waals surface area contributed by atoms with Gasteiger partial charge in [0.1, 0.15) is 0 Å². The molecule has 2 atom stereocenters. The second-order valence-electron chi connectivity index (χ2n) is 12.2. The van der Waals surface area contributed by atoms with Gasteiger partial charge in [0, 0.05) is 55.0 Å². The summed E-state index contributed by atoms with van der Waals surface area (Å²) in [6, 6.07) is 40.1. The van der Waals surface area contributed by atoms with Crippen LogP contribution in [-0.2, 0) is 0 Å². The van der Waals surface area contributed by atoms with Crippen LogP contribution in [0.2, 0.25) is 0 Å². The molecule has 2 aliphatic carbocycles. The van der Waals surface area contributed by atoms with Crippen molar-refractivity contribution in [3.8, 4) is 5.69 Å². The zero-order chi connectivity index (χ0) is 29.0. The minimum atomic E-state index is 0.151. The number of allylic oxidation sites excluding steroid dienone is 3. The molecule has 44 heavy (non-hydrogen) atoms. The van der Waals surface area contributed by atoms with Crippen LogP contribution < -0.4 is 0 Å². The summed E-state index contributed by atoms with van der Waals surface area (Å²) in [6.07, 6.45) is 13.8. The Labute approximate surface area is 261 Å². The smallest absolute Gasteiger partial charge is 0.0552 e. The van der Waals surface area contributed by atoms with E-state index < -0.39 is 0 Å². The maximum Gasteiger partial charge on any atom is 0.0552 e. The Kier molecular flexibility index (Phi) is 6.12. The van der Waals surface area contributed by atoms with E-state index >= 15 is 0 Å². The first-order valence-corrected chi connectivity index (χ1v) is 16.6. The van der Waals surface area contributed by atoms with Crippen LogP contribution in [0.4, 0.5) is 0 Å². The van der Waals surface area contributed by atoms with Crippen LogP contribution in [0.3, 0.4) is 0 Å². The van der Waals surface area contributed by atoms with Crippen LogP contribution in [0.5, 0.6) is 0 Å². The molecule has 0 N–H and O–H groups in total. The Balaban J connectivity index is 1.38. The van der Waals surface area contributed by atoms with E-state index in [1.54, 1.807) is 0 Å². The summed E-state index contributed by atoms with van der Waals surface area (Å²) in [5.74, 6) is 0.673. The highest BCUT2D eigenvalue weighted by molar-refractivity contribution is 7.26. The molecular weight excluding hydrogens is 553 g/mol. The highest BCUT2D eigenvalue weighted by atomic mass is 32.1. The molecule has 4 aromatic carbocycles. The Hall–Kier alpha value is -4.73. The predicted octanol–water partition coefficient (Wildman–Crippen LogP) is 11.3. The molecular formula is C41H32N2S. The van der Waals surface area contributed by atoms with Gasteiger partial charge in [-0.1, -0.05) is 78.9 Å². The maximum absolute atomic E-state index is 4.96. The molecule has 0 saturated carbocycles. The largest absolute Gasteiger partial charge is 0.309 e. The minimum absolute atomic E-state index is 0.151. The molecule has 2 aliphatic rings. The Morgan fingerprint density at radius 2 is 1.64 bits per heavy atom. The summed E-state index contributed by atoms with van der Waals surface area (Å²) >= 11 is 1.95. The first-order valence-electron chi connectivity index (χ1n) is 15.8. The normalized spacial score (nSPS) is 18.1. The summed E-state index contributed by atoms with van der Waals surface area (Å²) in [6.45, 7) is 0. The van der Waals surface area contributed by atoms with Gasteiger partial charge in [-0.25, -0.2) is 0 Å². The van der Waals surface area contributed by atoms with E-state index in [2.05, 4.69) is 126 Å². The lowest BCUT2D eigenvalue weighted by atomic mass is 9.80. The van der Waals surface area contributed by atoms with E-state index in [1.165, 1.54) is 84.0 Å². The first kappa shape index (κ1) is 25.7. The topological polar surface area (TPSA) is 17.8 Å². The fourth-order valence-corrected chi connectivity index (χ4v) is 8.82. The molecule has 3 heterocycles. The molecule has 0 spiro atoms. The van der Waals surface area contributed by atoms with Gasteiger partial charge in [0.25, 0.3) is 0 Å². The first-order chi connectivity index (χ1) is 21.8. The number of fused-ring (bicyclic) bond motifs is 7. The monoisotopic (exact) mass is 584 g/mol. The minimum Gasteiger partial charge on any atom is -0.309 e. The van der Waals surface area contributed by atoms with Crippen LogP contribution in [0.1, 0.15) is 65.6 Å². The third kappa shape index (κ3) is 4.11. The molecule has 0 amide bonds. The zero-order valence-corrected chi connectivity index (χ0v) is 25.3. The van der Waals surface area contributed by atoms with Gasteiger partial charge in [0.2, 0.25) is 0 Å². The van der Waals surface area contributed by atoms with Crippen LogP contribution in [0.25, 0.3) is 48.4 Å². The summed E-state index contributed by atoms with van der Waals surface area (Å²) in [4.78, 5) is 4.96. The molecule has 212 valence electrons. The molecule has 0 fully saturated rings. The highest BCUT2D eigenvalue weighted by Gasteiger charge is 2.32. The second kappa shape index (κ2) is 10.5. The Bertz CT molecular complexity index is 2220. The Morgan fingerprint density at radius 1 is 0.795 bits per heavy atom. The van der Waals surface area contributed by atoms with Gasteiger partial charge in [-0.2, -0.15) is 0 Å². The van der Waals surface area contributed by atoms with Crippen molar-refractivity contribution >= 4 is 54.1 Å². The molecule has 0 saturated heterocycles. The van der Waals surface area contributed by atoms with E-state index in [9.17, 15) is 0 Å². The van der Waals surface area contributed by atoms with Crippen LogP contribution in [0, 0.1) is 0 Å². The van der Waals surface area contributed by atoms with Crippen molar-refractivity contribution in [1.82, 2.24) is 9.55 Å². The number of rotatable bonds is 4. The molecule has 0 bridgehead atoms. The fraction of sp³-hybridized carbons (Fsp3) is 0.146. The summed E-state index contributed by atoms with van der Waals surface area (Å²) in [5.41, 5.74) is 10.3. The van der Waals surface area contributed by atoms with E-state index in [-0.39, 0.29) is 5.92 Å². The number of hydrogen-bond acceptors (Lipinski definition) is 2. The fourth-order valence-electron chi connectivity index (χ4n) is 7.58. The van der Waals surface area contributed by atoms with Gasteiger partial charge >= 0.3 is 0 Å². The number of pyridine rings is 1. The van der Waals surface area contributed by atoms with Crippen LogP contribution in [-0.4, -0.2) is 9.55 Å². The van der Waals surface area contributed by atoms with Crippen molar-refractivity contribution in [3.63, 3.8) is 0 Å². The molecule has 3 aromatic heterocycles. The van der Waals surface area contributed by atoms with Gasteiger partial charge in [-0.05, 0) is 96.5 Å². The zero-order valence-electron chi connectivity index (χ0n) is 24.5. The van der Waals surface area contributed by atoms with Crippen LogP contribution >= 0.6 is 11.3 Å². The highest BCUT2D eigenvalue weighted by Crippen LogP contribution is 2.50. The van der Waals surface area contributed by atoms with E-state index in [1.807, 2.05) is 23.6 Å². The summed E-state index contributed by atoms with van der Waals surface area (Å²) < 4.78 is 5.24. The molecule has 9 rings (SSSR count). The summed E-state index contributed by atoms with van der Waals surface area (Å²) in [5, 5.41) is 4.13. The van der Waals surface area contributed by atoms with Crippen LogP contribution in [0.15, 0.2) is 128 Å². The third-order valence-electron chi connectivity index (χ3n) is 9.64. The lowest BCUT2D eigenvalue weighted by Crippen LogP contribution is -2.11. The predicted molar refractivity (Wildman–Crippen MR) is 187 cm³/mol. The van der Waals surface area contributed by atoms with E-state index in [0.29, 0.717) is 5.92 Å². The third-order valence-corrected chi connectivity index (χ3v) is 10.8. The standard InChI is InChI=1S/C41H32N2S/c1-4-12-27(13-5-1)29-19-22-38-33(24-29)32-20-21-36-40(41(32)44-38)39-34(35-18-10-11-23-42-35)25-30(28-14-6-2-7-15-28)26-37(39)43(36)31-16-8-3-9-17-31/h2-4,6-12,14-24,26-27,34H,1,5,13,25H2/t27?,34-/m1/s1. The average Bonchev–Trinajstić information content (AvgIpc) is 3.64. The number of thiophene rings is 1. The number of benzene rings is 4. The molecule has 7 aromatic rings. The molecule has 2 nitrogen and oxygen atoms in total. The number of hydrogen-bond donors (Lipinski definition) is 0. The van der Waals surface area contributed by atoms with Gasteiger partial charge in [-0.15, -0.1) is 11.3 Å². The lowest BCUT2D eigenvalue weighted by molar-refractivity contribution is 0.655. The maximum atomic E-state index is 4.96. The molecule has 3 heteroatoms. The van der Waals surface area contributed by atoms with Crippen molar-refractivity contribution in [2.45, 2.75) is 37.5 Å². The van der Waals surface area contributed by atoms with Crippen molar-refractivity contribution in [2.24, 2.45) is 0 Å². The van der Waals surface area contributed by atoms with Crippen molar-refractivity contribution in [2.75, 3.05) is 0 Å². The lowest BCUT2D eigenvalue weighted by Gasteiger charge is -2.25. The quantitative estimate of drug-likeness (QED) is 0.188. The summed E-state index contributed by atoms with van der Waals surface area (Å²) in [7, 11) is 0. The van der Waals surface area contributed by atoms with Crippen molar-refractivity contribution < 1.29 is 0 Å². The number of para-hydroxylation sites is 1. The van der Waals surface area contributed by atoms with Gasteiger partial charge in [-0.3, -0.25) is 4.98 Å². The van der Waals surface area contributed by atoms with Crippen molar-refractivity contribution in [3.05, 3.63) is 156 Å². The van der Waals surface area contributed by atoms with Gasteiger partial charge in [0.15, 0.2) is 0 Å². The number of nitrogens with zero attached hydrogens (tertiary/aromatic N) is 2. The second-order valence-corrected chi connectivity index (χ2v) is 13.2. The van der Waals surface area contributed by atoms with Gasteiger partial charge in [0.05, 0.1) is 11.2 Å². The van der Waals surface area contributed by atoms with E-state index in [4.69, 9.17) is 4.98 Å². The number of aromatic nitrogens is 2. The molecule has 1 unspecified atom stereocenters. The molecule has 0 aliphatic heterocycles. The SMILES string of the molecule is C1=CC(c2ccc3sc4c(ccc5c4c4c(n5-c5ccccc5)C=C(c5ccccc5)C[C@@H]4c4ccccn4)c3c2)CCC1. The average molecular weight is 585 g/mol. The molecule has 0 radical (unpaired) electrons. The van der Waals surface area contributed by atoms with Gasteiger partial charge < -0.3 is 4.57 Å². The Morgan fingerprint density at radius 3 is 2.43 bits per heavy atom. The van der Waals surface area contributed by atoms with E-state index in [0.717, 1.165) is 12.1 Å².